The third-order valence-electron chi connectivity index (χ3n) is 3.76. The summed E-state index contributed by atoms with van der Waals surface area (Å²) in [6, 6.07) is 11.4. The van der Waals surface area contributed by atoms with Crippen molar-refractivity contribution in [2.45, 2.75) is 19.3 Å². The summed E-state index contributed by atoms with van der Waals surface area (Å²) in [7, 11) is 0. The molecule has 5 heteroatoms. The molecule has 1 aliphatic rings. The molecule has 1 saturated heterocycles. The Labute approximate surface area is 130 Å². The van der Waals surface area contributed by atoms with E-state index in [0.717, 1.165) is 42.7 Å². The standard InChI is InChI=1S/C17H20N4O/c22-17(20-21-11-4-1-5-12-21)19-16-9-3-2-8-15(16)14-7-6-10-18-13-14/h2-3,6-10,13H,1,4-5,11-12H2,(H2,19,20,22). The summed E-state index contributed by atoms with van der Waals surface area (Å²) >= 11 is 0. The zero-order valence-corrected chi connectivity index (χ0v) is 12.5. The lowest BCUT2D eigenvalue weighted by Crippen LogP contribution is -2.46. The van der Waals surface area contributed by atoms with Gasteiger partial charge in [0.15, 0.2) is 0 Å². The Morgan fingerprint density at radius 3 is 2.64 bits per heavy atom. The fraction of sp³-hybridized carbons (Fsp3) is 0.294. The Bertz CT molecular complexity index is 624. The van der Waals surface area contributed by atoms with E-state index in [-0.39, 0.29) is 6.03 Å². The van der Waals surface area contributed by atoms with Crippen LogP contribution in [-0.4, -0.2) is 29.1 Å². The summed E-state index contributed by atoms with van der Waals surface area (Å²) in [4.78, 5) is 16.3. The first-order chi connectivity index (χ1) is 10.8. The van der Waals surface area contributed by atoms with Gasteiger partial charge in [-0.2, -0.15) is 0 Å². The number of nitrogens with one attached hydrogen (secondary N) is 2. The van der Waals surface area contributed by atoms with Crippen molar-refractivity contribution in [3.63, 3.8) is 0 Å². The number of carbonyl (C=O) groups is 1. The number of carbonyl (C=O) groups excluding carboxylic acids is 1. The third-order valence-corrected chi connectivity index (χ3v) is 3.76. The molecule has 0 radical (unpaired) electrons. The molecule has 1 aliphatic heterocycles. The average Bonchev–Trinajstić information content (AvgIpc) is 2.57. The highest BCUT2D eigenvalue weighted by atomic mass is 16.2. The number of hydrogen-bond acceptors (Lipinski definition) is 3. The van der Waals surface area contributed by atoms with Crippen LogP contribution in [-0.2, 0) is 0 Å². The number of benzene rings is 1. The van der Waals surface area contributed by atoms with E-state index in [9.17, 15) is 4.79 Å². The van der Waals surface area contributed by atoms with E-state index >= 15 is 0 Å². The number of amides is 2. The van der Waals surface area contributed by atoms with Crippen LogP contribution in [0.3, 0.4) is 0 Å². The molecule has 0 spiro atoms. The van der Waals surface area contributed by atoms with E-state index in [1.54, 1.807) is 12.4 Å². The quantitative estimate of drug-likeness (QED) is 0.914. The monoisotopic (exact) mass is 296 g/mol. The summed E-state index contributed by atoms with van der Waals surface area (Å²) in [5.41, 5.74) is 5.64. The second kappa shape index (κ2) is 7.04. The van der Waals surface area contributed by atoms with E-state index < -0.39 is 0 Å². The lowest BCUT2D eigenvalue weighted by atomic mass is 10.1. The minimum Gasteiger partial charge on any atom is -0.306 e. The number of aromatic nitrogens is 1. The molecule has 2 aromatic rings. The Kier molecular flexibility index (Phi) is 4.65. The summed E-state index contributed by atoms with van der Waals surface area (Å²) in [6.07, 6.45) is 7.04. The summed E-state index contributed by atoms with van der Waals surface area (Å²) in [5, 5.41) is 4.91. The van der Waals surface area contributed by atoms with Crippen LogP contribution in [0.2, 0.25) is 0 Å². The molecule has 5 nitrogen and oxygen atoms in total. The largest absolute Gasteiger partial charge is 0.333 e. The molecule has 0 aliphatic carbocycles. The third kappa shape index (κ3) is 3.62. The maximum absolute atomic E-state index is 12.2. The van der Waals surface area contributed by atoms with E-state index in [2.05, 4.69) is 15.7 Å². The average molecular weight is 296 g/mol. The molecule has 0 atom stereocenters. The molecular weight excluding hydrogens is 276 g/mol. The zero-order chi connectivity index (χ0) is 15.2. The number of nitrogens with zero attached hydrogens (tertiary/aromatic N) is 2. The number of hydrazine groups is 1. The van der Waals surface area contributed by atoms with Gasteiger partial charge < -0.3 is 5.32 Å². The smallest absolute Gasteiger partial charge is 0.306 e. The molecule has 0 unspecified atom stereocenters. The number of rotatable bonds is 3. The Morgan fingerprint density at radius 1 is 1.05 bits per heavy atom. The van der Waals surface area contributed by atoms with Gasteiger partial charge in [0.1, 0.15) is 0 Å². The Morgan fingerprint density at radius 2 is 1.86 bits per heavy atom. The Balaban J connectivity index is 1.71. The van der Waals surface area contributed by atoms with Crippen LogP contribution >= 0.6 is 0 Å². The van der Waals surface area contributed by atoms with Crippen molar-refractivity contribution in [2.24, 2.45) is 0 Å². The molecule has 114 valence electrons. The normalized spacial score (nSPS) is 15.3. The van der Waals surface area contributed by atoms with E-state index in [0.29, 0.717) is 0 Å². The first-order valence-electron chi connectivity index (χ1n) is 7.65. The maximum Gasteiger partial charge on any atom is 0.333 e. The number of hydrogen-bond donors (Lipinski definition) is 2. The van der Waals surface area contributed by atoms with Crippen LogP contribution in [0.4, 0.5) is 10.5 Å². The first-order valence-corrected chi connectivity index (χ1v) is 7.65. The van der Waals surface area contributed by atoms with Crippen molar-refractivity contribution in [1.29, 1.82) is 0 Å². The minimum absolute atomic E-state index is 0.196. The predicted octanol–water partition coefficient (Wildman–Crippen LogP) is 3.27. The van der Waals surface area contributed by atoms with Crippen LogP contribution in [0, 0.1) is 0 Å². The van der Waals surface area contributed by atoms with Gasteiger partial charge in [0.25, 0.3) is 0 Å². The minimum atomic E-state index is -0.196. The van der Waals surface area contributed by atoms with Gasteiger partial charge in [-0.1, -0.05) is 30.7 Å². The van der Waals surface area contributed by atoms with E-state index in [4.69, 9.17) is 0 Å². The van der Waals surface area contributed by atoms with Gasteiger partial charge >= 0.3 is 6.03 Å². The SMILES string of the molecule is O=C(Nc1ccccc1-c1cccnc1)NN1CCCCC1. The van der Waals surface area contributed by atoms with Crippen molar-refractivity contribution < 1.29 is 4.79 Å². The van der Waals surface area contributed by atoms with Crippen molar-refractivity contribution in [3.05, 3.63) is 48.8 Å². The zero-order valence-electron chi connectivity index (χ0n) is 12.5. The van der Waals surface area contributed by atoms with Crippen LogP contribution in [0.25, 0.3) is 11.1 Å². The van der Waals surface area contributed by atoms with Gasteiger partial charge in [-0.15, -0.1) is 0 Å². The maximum atomic E-state index is 12.2. The number of para-hydroxylation sites is 1. The topological polar surface area (TPSA) is 57.3 Å². The van der Waals surface area contributed by atoms with Gasteiger partial charge in [0, 0.05) is 36.6 Å². The van der Waals surface area contributed by atoms with Crippen LogP contribution in [0.5, 0.6) is 0 Å². The molecule has 22 heavy (non-hydrogen) atoms. The van der Waals surface area contributed by atoms with Gasteiger partial charge in [0.05, 0.1) is 5.69 Å². The van der Waals surface area contributed by atoms with Crippen molar-refractivity contribution in [3.8, 4) is 11.1 Å². The highest BCUT2D eigenvalue weighted by Crippen LogP contribution is 2.26. The molecule has 1 aromatic carbocycles. The lowest BCUT2D eigenvalue weighted by molar-refractivity contribution is 0.162. The van der Waals surface area contributed by atoms with Gasteiger partial charge in [-0.05, 0) is 25.0 Å². The Hall–Kier alpha value is -2.40. The second-order valence-corrected chi connectivity index (χ2v) is 5.40. The summed E-state index contributed by atoms with van der Waals surface area (Å²) < 4.78 is 0. The first kappa shape index (κ1) is 14.5. The molecule has 0 saturated carbocycles. The highest BCUT2D eigenvalue weighted by molar-refractivity contribution is 5.94. The van der Waals surface area contributed by atoms with Gasteiger partial charge in [-0.25, -0.2) is 9.80 Å². The highest BCUT2D eigenvalue weighted by Gasteiger charge is 2.14. The molecule has 2 amide bonds. The second-order valence-electron chi connectivity index (χ2n) is 5.40. The molecular formula is C17H20N4O. The van der Waals surface area contributed by atoms with E-state index in [1.807, 2.05) is 41.4 Å². The number of anilines is 1. The summed E-state index contributed by atoms with van der Waals surface area (Å²) in [6.45, 7) is 1.83. The van der Waals surface area contributed by atoms with E-state index in [1.165, 1.54) is 6.42 Å². The van der Waals surface area contributed by atoms with Gasteiger partial charge in [-0.3, -0.25) is 10.4 Å². The fourth-order valence-corrected chi connectivity index (χ4v) is 2.67. The fourth-order valence-electron chi connectivity index (χ4n) is 2.67. The molecule has 2 N–H and O–H groups in total. The molecule has 2 heterocycles. The number of pyridine rings is 1. The van der Waals surface area contributed by atoms with Crippen LogP contribution in [0.15, 0.2) is 48.8 Å². The number of piperidine rings is 1. The van der Waals surface area contributed by atoms with Gasteiger partial charge in [0.2, 0.25) is 0 Å². The number of urea groups is 1. The molecule has 1 aromatic heterocycles. The van der Waals surface area contributed by atoms with Crippen molar-refractivity contribution >= 4 is 11.7 Å². The van der Waals surface area contributed by atoms with Crippen molar-refractivity contribution in [1.82, 2.24) is 15.4 Å². The van der Waals surface area contributed by atoms with Crippen LogP contribution in [0.1, 0.15) is 19.3 Å². The molecule has 1 fully saturated rings. The van der Waals surface area contributed by atoms with Crippen molar-refractivity contribution in [2.75, 3.05) is 18.4 Å². The lowest BCUT2D eigenvalue weighted by Gasteiger charge is -2.27. The molecule has 0 bridgehead atoms. The summed E-state index contributed by atoms with van der Waals surface area (Å²) in [5.74, 6) is 0. The predicted molar refractivity (Wildman–Crippen MR) is 87.3 cm³/mol. The molecule has 3 rings (SSSR count). The van der Waals surface area contributed by atoms with Crippen LogP contribution < -0.4 is 10.7 Å².